The van der Waals surface area contributed by atoms with E-state index in [0.29, 0.717) is 5.92 Å². The van der Waals surface area contributed by atoms with Crippen molar-refractivity contribution < 1.29 is 9.53 Å². The lowest BCUT2D eigenvalue weighted by atomic mass is 10.0. The molecular formula is C29H46O2. The van der Waals surface area contributed by atoms with Crippen molar-refractivity contribution in [3.05, 3.63) is 0 Å². The molecule has 0 aromatic rings. The smallest absolute Gasteiger partial charge is 0.308 e. The Hall–Kier alpha value is -0.530. The Labute approximate surface area is 190 Å². The Kier molecular flexibility index (Phi) is 5.67. The molecule has 0 bridgehead atoms. The first kappa shape index (κ1) is 21.0. The first-order valence-corrected chi connectivity index (χ1v) is 14.3. The monoisotopic (exact) mass is 426 g/mol. The van der Waals surface area contributed by atoms with Gasteiger partial charge in [-0.3, -0.25) is 4.79 Å². The van der Waals surface area contributed by atoms with Gasteiger partial charge in [-0.05, 0) is 104 Å². The third-order valence-electron chi connectivity index (χ3n) is 10.8. The zero-order valence-corrected chi connectivity index (χ0v) is 20.1. The summed E-state index contributed by atoms with van der Waals surface area (Å²) < 4.78 is 4.96. The van der Waals surface area contributed by atoms with Crippen LogP contribution in [-0.2, 0) is 9.53 Å². The van der Waals surface area contributed by atoms with Crippen molar-refractivity contribution in [2.24, 2.45) is 71.0 Å². The zero-order valence-electron chi connectivity index (χ0n) is 20.1. The minimum atomic E-state index is 0.0652. The van der Waals surface area contributed by atoms with Crippen molar-refractivity contribution in [1.29, 1.82) is 0 Å². The van der Waals surface area contributed by atoms with E-state index >= 15 is 0 Å². The normalized spacial score (nSPS) is 50.6. The summed E-state index contributed by atoms with van der Waals surface area (Å²) in [4.78, 5) is 11.7. The molecule has 6 fully saturated rings. The second-order valence-corrected chi connectivity index (χ2v) is 12.9. The van der Waals surface area contributed by atoms with Gasteiger partial charge >= 0.3 is 5.97 Å². The number of hydrogen-bond donors (Lipinski definition) is 0. The lowest BCUT2D eigenvalue weighted by Gasteiger charge is -2.03. The van der Waals surface area contributed by atoms with E-state index in [2.05, 4.69) is 6.92 Å². The van der Waals surface area contributed by atoms with Crippen molar-refractivity contribution in [3.63, 3.8) is 0 Å². The molecule has 0 amide bonds. The molecule has 0 aliphatic heterocycles. The van der Waals surface area contributed by atoms with Crippen LogP contribution in [0.25, 0.3) is 0 Å². The number of esters is 1. The molecule has 0 aromatic carbocycles. The van der Waals surface area contributed by atoms with Crippen LogP contribution in [0.3, 0.4) is 0 Å². The summed E-state index contributed by atoms with van der Waals surface area (Å²) in [5.74, 6) is 11.9. The number of ether oxygens (including phenoxy) is 1. The molecular weight excluding hydrogens is 380 g/mol. The Bertz CT molecular complexity index is 672. The molecule has 6 aliphatic rings. The summed E-state index contributed by atoms with van der Waals surface area (Å²) in [5.41, 5.74) is 0. The van der Waals surface area contributed by atoms with Crippen molar-refractivity contribution in [3.8, 4) is 0 Å². The fourth-order valence-corrected chi connectivity index (χ4v) is 8.48. The lowest BCUT2D eigenvalue weighted by Crippen LogP contribution is -2.05. The number of rotatable bonds is 14. The van der Waals surface area contributed by atoms with E-state index in [4.69, 9.17) is 4.74 Å². The number of carbonyl (C=O) groups excluding carboxylic acids is 1. The molecule has 2 nitrogen and oxygen atoms in total. The van der Waals surface area contributed by atoms with E-state index < -0.39 is 0 Å². The average Bonchev–Trinajstić information content (AvgIpc) is 3.54. The van der Waals surface area contributed by atoms with Gasteiger partial charge in [-0.15, -0.1) is 0 Å². The first-order valence-electron chi connectivity index (χ1n) is 14.3. The molecule has 2 heteroatoms. The molecule has 0 saturated heterocycles. The van der Waals surface area contributed by atoms with Crippen LogP contribution in [0.5, 0.6) is 0 Å². The van der Waals surface area contributed by atoms with Crippen LogP contribution in [0.1, 0.15) is 96.8 Å². The van der Waals surface area contributed by atoms with Crippen LogP contribution in [-0.4, -0.2) is 13.1 Å². The summed E-state index contributed by atoms with van der Waals surface area (Å²) in [6, 6.07) is 0. The average molecular weight is 427 g/mol. The highest BCUT2D eigenvalue weighted by molar-refractivity contribution is 5.75. The van der Waals surface area contributed by atoms with Gasteiger partial charge in [-0.2, -0.15) is 0 Å². The predicted octanol–water partition coefficient (Wildman–Crippen LogP) is 7.12. The van der Waals surface area contributed by atoms with E-state index in [1.807, 2.05) is 0 Å². The third kappa shape index (κ3) is 4.48. The topological polar surface area (TPSA) is 26.3 Å². The van der Waals surface area contributed by atoms with E-state index in [0.717, 1.165) is 65.6 Å². The van der Waals surface area contributed by atoms with Gasteiger partial charge in [0.2, 0.25) is 0 Å². The van der Waals surface area contributed by atoms with Gasteiger partial charge in [-0.25, -0.2) is 0 Å². The van der Waals surface area contributed by atoms with Crippen molar-refractivity contribution in [1.82, 2.24) is 0 Å². The van der Waals surface area contributed by atoms with Crippen LogP contribution < -0.4 is 0 Å². The maximum Gasteiger partial charge on any atom is 0.308 e. The molecule has 0 radical (unpaired) electrons. The largest absolute Gasteiger partial charge is 0.469 e. The van der Waals surface area contributed by atoms with Crippen LogP contribution >= 0.6 is 0 Å². The summed E-state index contributed by atoms with van der Waals surface area (Å²) in [6.07, 6.45) is 20.7. The fourth-order valence-electron chi connectivity index (χ4n) is 8.48. The molecule has 6 aliphatic carbocycles. The molecule has 31 heavy (non-hydrogen) atoms. The van der Waals surface area contributed by atoms with Gasteiger partial charge in [0.25, 0.3) is 0 Å². The molecule has 0 aromatic heterocycles. The SMILES string of the molecule is CCCCCCCCCC1CC1C1CC1C1CC1C1CC1C1CC1C1CC1C(=O)OC. The Morgan fingerprint density at radius 3 is 1.65 bits per heavy atom. The maximum atomic E-state index is 11.7. The van der Waals surface area contributed by atoms with Crippen LogP contribution in [0.4, 0.5) is 0 Å². The van der Waals surface area contributed by atoms with E-state index in [1.165, 1.54) is 51.4 Å². The number of methoxy groups -OCH3 is 1. The van der Waals surface area contributed by atoms with Gasteiger partial charge in [0, 0.05) is 0 Å². The van der Waals surface area contributed by atoms with Crippen LogP contribution in [0, 0.1) is 71.0 Å². The Morgan fingerprint density at radius 1 is 0.613 bits per heavy atom. The van der Waals surface area contributed by atoms with Gasteiger partial charge in [0.1, 0.15) is 0 Å². The van der Waals surface area contributed by atoms with Crippen molar-refractivity contribution in [2.75, 3.05) is 7.11 Å². The quantitative estimate of drug-likeness (QED) is 0.218. The summed E-state index contributed by atoms with van der Waals surface area (Å²) >= 11 is 0. The van der Waals surface area contributed by atoms with Crippen LogP contribution in [0.15, 0.2) is 0 Å². The predicted molar refractivity (Wildman–Crippen MR) is 124 cm³/mol. The molecule has 174 valence electrons. The highest BCUT2D eigenvalue weighted by Gasteiger charge is 2.68. The highest BCUT2D eigenvalue weighted by atomic mass is 16.5. The number of carbonyl (C=O) groups is 1. The molecule has 0 spiro atoms. The number of unbranched alkanes of at least 4 members (excludes halogenated alkanes) is 6. The van der Waals surface area contributed by atoms with Crippen molar-refractivity contribution >= 4 is 5.97 Å². The van der Waals surface area contributed by atoms with Gasteiger partial charge < -0.3 is 4.74 Å². The molecule has 6 rings (SSSR count). The summed E-state index contributed by atoms with van der Waals surface area (Å²) in [5, 5.41) is 0. The van der Waals surface area contributed by atoms with Crippen LogP contribution in [0.2, 0.25) is 0 Å². The second-order valence-electron chi connectivity index (χ2n) is 12.9. The molecule has 0 heterocycles. The van der Waals surface area contributed by atoms with E-state index in [-0.39, 0.29) is 11.9 Å². The molecule has 12 unspecified atom stereocenters. The van der Waals surface area contributed by atoms with Crippen molar-refractivity contribution in [2.45, 2.75) is 96.8 Å². The van der Waals surface area contributed by atoms with Gasteiger partial charge in [0.05, 0.1) is 13.0 Å². The third-order valence-corrected chi connectivity index (χ3v) is 10.8. The summed E-state index contributed by atoms with van der Waals surface area (Å²) in [7, 11) is 1.55. The molecule has 0 N–H and O–H groups in total. The second kappa shape index (κ2) is 8.35. The Morgan fingerprint density at radius 2 is 1.10 bits per heavy atom. The molecule has 12 atom stereocenters. The maximum absolute atomic E-state index is 11.7. The lowest BCUT2D eigenvalue weighted by molar-refractivity contribution is -0.142. The van der Waals surface area contributed by atoms with E-state index in [1.54, 1.807) is 39.2 Å². The minimum Gasteiger partial charge on any atom is -0.469 e. The van der Waals surface area contributed by atoms with Gasteiger partial charge in [-0.1, -0.05) is 58.3 Å². The zero-order chi connectivity index (χ0) is 21.1. The number of hydrogen-bond acceptors (Lipinski definition) is 2. The fraction of sp³-hybridized carbons (Fsp3) is 0.966. The Balaban J connectivity index is 0.839. The standard InChI is InChI=1S/C29H46O2/c1-3-4-5-6-7-8-9-10-17-11-18(17)19-12-20(19)21-13-22(21)23-14-24(23)25-15-26(25)27-16-28(27)29(30)31-2/h17-28H,3-16H2,1-2H3. The highest BCUT2D eigenvalue weighted by Crippen LogP contribution is 2.74. The summed E-state index contributed by atoms with van der Waals surface area (Å²) in [6.45, 7) is 2.31. The first-order chi connectivity index (χ1) is 15.2. The van der Waals surface area contributed by atoms with E-state index in [9.17, 15) is 4.79 Å². The van der Waals surface area contributed by atoms with Gasteiger partial charge in [0.15, 0.2) is 0 Å². The molecule has 6 saturated carbocycles. The minimum absolute atomic E-state index is 0.0652.